The largest absolute Gasteiger partial charge is 0.510 e. The number of fused-ring (bicyclic) bond motifs is 1. The summed E-state index contributed by atoms with van der Waals surface area (Å²) >= 11 is 7.91. The number of aromatic nitrogens is 2. The topological polar surface area (TPSA) is 126 Å². The van der Waals surface area contributed by atoms with E-state index in [0.29, 0.717) is 48.4 Å². The van der Waals surface area contributed by atoms with Gasteiger partial charge in [0, 0.05) is 43.2 Å². The van der Waals surface area contributed by atoms with E-state index >= 15 is 0 Å². The lowest BCUT2D eigenvalue weighted by molar-refractivity contribution is -0.126. The number of ether oxygens (including phenoxy) is 2. The second-order valence-electron chi connectivity index (χ2n) is 10.2. The van der Waals surface area contributed by atoms with Crippen molar-refractivity contribution in [3.63, 3.8) is 0 Å². The number of rotatable bonds is 9. The first kappa shape index (κ1) is 29.7. The fraction of sp³-hybridized carbons (Fsp3) is 0.379. The van der Waals surface area contributed by atoms with E-state index < -0.39 is 23.8 Å². The summed E-state index contributed by atoms with van der Waals surface area (Å²) in [5.41, 5.74) is 1.26. The van der Waals surface area contributed by atoms with Gasteiger partial charge in [-0.1, -0.05) is 18.2 Å². The van der Waals surface area contributed by atoms with Gasteiger partial charge in [0.25, 0.3) is 5.91 Å². The van der Waals surface area contributed by atoms with E-state index in [9.17, 15) is 19.1 Å². The van der Waals surface area contributed by atoms with Crippen molar-refractivity contribution in [3.8, 4) is 16.3 Å². The van der Waals surface area contributed by atoms with Gasteiger partial charge >= 0.3 is 0 Å². The molecule has 1 fully saturated rings. The molecule has 3 aromatic rings. The molecule has 5 rings (SSSR count). The quantitative estimate of drug-likeness (QED) is 0.290. The molecular formula is C29H31ClFN5O5S. The Labute approximate surface area is 251 Å². The van der Waals surface area contributed by atoms with Gasteiger partial charge in [0.2, 0.25) is 11.9 Å². The van der Waals surface area contributed by atoms with E-state index in [4.69, 9.17) is 21.1 Å². The highest BCUT2D eigenvalue weighted by molar-refractivity contribution is 7.16. The summed E-state index contributed by atoms with van der Waals surface area (Å²) in [4.78, 5) is 38.9. The van der Waals surface area contributed by atoms with E-state index in [1.807, 2.05) is 0 Å². The van der Waals surface area contributed by atoms with Gasteiger partial charge in [-0.3, -0.25) is 9.59 Å². The normalized spacial score (nSPS) is 16.9. The summed E-state index contributed by atoms with van der Waals surface area (Å²) in [6.07, 6.45) is 3.80. The minimum Gasteiger partial charge on any atom is -0.510 e. The van der Waals surface area contributed by atoms with Gasteiger partial charge in [-0.05, 0) is 43.5 Å². The Hall–Kier alpha value is -3.74. The predicted octanol–water partition coefficient (Wildman–Crippen LogP) is 4.91. The number of carbonyl (C=O) groups is 2. The second kappa shape index (κ2) is 12.6. The van der Waals surface area contributed by atoms with E-state index in [1.54, 1.807) is 19.2 Å². The first-order chi connectivity index (χ1) is 20.1. The zero-order valence-corrected chi connectivity index (χ0v) is 24.7. The lowest BCUT2D eigenvalue weighted by Crippen LogP contribution is -2.51. The summed E-state index contributed by atoms with van der Waals surface area (Å²) < 4.78 is 24.6. The van der Waals surface area contributed by atoms with Crippen molar-refractivity contribution >= 4 is 40.7 Å². The molecule has 42 heavy (non-hydrogen) atoms. The molecule has 10 nitrogen and oxygen atoms in total. The second-order valence-corrected chi connectivity index (χ2v) is 11.7. The molecule has 222 valence electrons. The van der Waals surface area contributed by atoms with Crippen LogP contribution < -0.4 is 15.4 Å². The van der Waals surface area contributed by atoms with Crippen molar-refractivity contribution in [2.75, 3.05) is 32.2 Å². The van der Waals surface area contributed by atoms with Crippen LogP contribution in [0.25, 0.3) is 10.6 Å². The van der Waals surface area contributed by atoms with E-state index in [2.05, 4.69) is 27.2 Å². The van der Waals surface area contributed by atoms with Crippen molar-refractivity contribution in [3.05, 3.63) is 69.6 Å². The van der Waals surface area contributed by atoms with Gasteiger partial charge in [0.1, 0.15) is 35.1 Å². The smallest absolute Gasteiger partial charge is 0.255 e. The lowest BCUT2D eigenvalue weighted by Gasteiger charge is -2.32. The van der Waals surface area contributed by atoms with Crippen LogP contribution in [0.3, 0.4) is 0 Å². The molecule has 0 radical (unpaired) electrons. The SMILES string of the molecule is C=C(O)[C@@H](NC(=O)[C@@H](C)N1CCc2sc(-c3nc(NC4CCOCC4)ncc3Cl)cc2C1=O)c1cc(F)cc(OC)c1. The molecule has 4 heterocycles. The summed E-state index contributed by atoms with van der Waals surface area (Å²) in [5.74, 6) is -1.14. The van der Waals surface area contributed by atoms with Crippen LogP contribution in [0.4, 0.5) is 10.3 Å². The number of halogens is 2. The molecule has 1 saturated heterocycles. The minimum absolute atomic E-state index is 0.206. The number of thiophene rings is 1. The van der Waals surface area contributed by atoms with Crippen LogP contribution in [0.1, 0.15) is 46.6 Å². The summed E-state index contributed by atoms with van der Waals surface area (Å²) in [6.45, 7) is 6.81. The van der Waals surface area contributed by atoms with Crippen molar-refractivity contribution < 1.29 is 28.6 Å². The lowest BCUT2D eigenvalue weighted by atomic mass is 10.0. The first-order valence-electron chi connectivity index (χ1n) is 13.5. The Morgan fingerprint density at radius 2 is 2.07 bits per heavy atom. The molecular weight excluding hydrogens is 585 g/mol. The molecule has 1 aromatic carbocycles. The number of carbonyl (C=O) groups excluding carboxylic acids is 2. The monoisotopic (exact) mass is 615 g/mol. The number of nitrogens with one attached hydrogen (secondary N) is 2. The zero-order chi connectivity index (χ0) is 30.0. The Morgan fingerprint density at radius 3 is 2.79 bits per heavy atom. The molecule has 0 bridgehead atoms. The van der Waals surface area contributed by atoms with Gasteiger partial charge in [0.05, 0.1) is 28.8 Å². The van der Waals surface area contributed by atoms with Crippen molar-refractivity contribution in [1.82, 2.24) is 20.2 Å². The van der Waals surface area contributed by atoms with Crippen molar-refractivity contribution in [1.29, 1.82) is 0 Å². The molecule has 2 aliphatic rings. The number of anilines is 1. The molecule has 0 unspecified atom stereocenters. The molecule has 3 N–H and O–H groups in total. The molecule has 2 amide bonds. The van der Waals surface area contributed by atoms with Gasteiger partial charge in [-0.2, -0.15) is 0 Å². The van der Waals surface area contributed by atoms with Gasteiger partial charge < -0.3 is 30.1 Å². The molecule has 0 spiro atoms. The van der Waals surface area contributed by atoms with Crippen LogP contribution in [-0.4, -0.2) is 70.7 Å². The Bertz CT molecular complexity index is 1510. The van der Waals surface area contributed by atoms with Crippen molar-refractivity contribution in [2.24, 2.45) is 0 Å². The number of amides is 2. The minimum atomic E-state index is -1.10. The Balaban J connectivity index is 1.32. The standard InChI is InChI=1S/C29H31ClFN5O5S/c1-15(27(38)34-25(16(2)37)17-10-18(31)12-20(11-17)40-3)36-7-4-23-21(28(36)39)13-24(42-23)26-22(30)14-32-29(35-26)33-19-5-8-41-9-6-19/h10-15,19,25,37H,2,4-9H2,1,3H3,(H,34,38)(H,32,33,35)/t15-,25-/m1/s1. The van der Waals surface area contributed by atoms with Crippen LogP contribution in [-0.2, 0) is 16.0 Å². The van der Waals surface area contributed by atoms with E-state index in [1.165, 1.54) is 41.5 Å². The molecule has 2 aromatic heterocycles. The number of aliphatic hydroxyl groups is 1. The fourth-order valence-corrected chi connectivity index (χ4v) is 6.42. The van der Waals surface area contributed by atoms with Gasteiger partial charge in [-0.15, -0.1) is 11.3 Å². The summed E-state index contributed by atoms with van der Waals surface area (Å²) in [6, 6.07) is 3.82. The maximum absolute atomic E-state index is 14.1. The number of benzene rings is 1. The van der Waals surface area contributed by atoms with Crippen LogP contribution in [0.5, 0.6) is 5.75 Å². The Morgan fingerprint density at radius 1 is 1.31 bits per heavy atom. The fourth-order valence-electron chi connectivity index (χ4n) is 5.03. The number of hydrogen-bond donors (Lipinski definition) is 3. The predicted molar refractivity (Wildman–Crippen MR) is 158 cm³/mol. The number of aliphatic hydroxyl groups excluding tert-OH is 1. The highest BCUT2D eigenvalue weighted by Gasteiger charge is 2.34. The average molecular weight is 616 g/mol. The first-order valence-corrected chi connectivity index (χ1v) is 14.7. The van der Waals surface area contributed by atoms with Gasteiger partial charge in [0.15, 0.2) is 0 Å². The van der Waals surface area contributed by atoms with Crippen LogP contribution >= 0.6 is 22.9 Å². The van der Waals surface area contributed by atoms with Crippen LogP contribution in [0.15, 0.2) is 42.8 Å². The third kappa shape index (κ3) is 6.35. The number of hydrogen-bond acceptors (Lipinski definition) is 9. The zero-order valence-electron chi connectivity index (χ0n) is 23.2. The van der Waals surface area contributed by atoms with Crippen LogP contribution in [0.2, 0.25) is 5.02 Å². The maximum atomic E-state index is 14.1. The van der Waals surface area contributed by atoms with Crippen LogP contribution in [0, 0.1) is 5.82 Å². The number of methoxy groups -OCH3 is 1. The highest BCUT2D eigenvalue weighted by Crippen LogP contribution is 2.37. The number of nitrogens with zero attached hydrogens (tertiary/aromatic N) is 3. The third-order valence-corrected chi connectivity index (χ3v) is 8.82. The molecule has 13 heteroatoms. The van der Waals surface area contributed by atoms with Gasteiger partial charge in [-0.25, -0.2) is 14.4 Å². The molecule has 2 aliphatic heterocycles. The van der Waals surface area contributed by atoms with Crippen molar-refractivity contribution in [2.45, 2.75) is 44.3 Å². The van der Waals surface area contributed by atoms with E-state index in [-0.39, 0.29) is 29.0 Å². The average Bonchev–Trinajstić information content (AvgIpc) is 3.42. The summed E-state index contributed by atoms with van der Waals surface area (Å²) in [5, 5.41) is 16.6. The molecule has 0 saturated carbocycles. The molecule has 0 aliphatic carbocycles. The molecule has 2 atom stereocenters. The maximum Gasteiger partial charge on any atom is 0.255 e. The Kier molecular flexibility index (Phi) is 8.95. The third-order valence-electron chi connectivity index (χ3n) is 7.34. The highest BCUT2D eigenvalue weighted by atomic mass is 35.5. The van der Waals surface area contributed by atoms with E-state index in [0.717, 1.165) is 22.6 Å². The summed E-state index contributed by atoms with van der Waals surface area (Å²) in [7, 11) is 1.38.